The summed E-state index contributed by atoms with van der Waals surface area (Å²) in [6.07, 6.45) is 1.45. The summed E-state index contributed by atoms with van der Waals surface area (Å²) in [4.78, 5) is 0. The molecule has 0 amide bonds. The van der Waals surface area contributed by atoms with Gasteiger partial charge in [0.15, 0.2) is 0 Å². The zero-order valence-corrected chi connectivity index (χ0v) is 12.4. The molecule has 0 aliphatic rings. The molecule has 1 heterocycles. The highest BCUT2D eigenvalue weighted by atomic mass is 16.3. The first-order chi connectivity index (χ1) is 8.08. The molecule has 1 atom stereocenters. The lowest BCUT2D eigenvalue weighted by Crippen LogP contribution is -2.35. The van der Waals surface area contributed by atoms with E-state index in [9.17, 15) is 5.11 Å². The second-order valence-electron chi connectivity index (χ2n) is 6.92. The summed E-state index contributed by atoms with van der Waals surface area (Å²) in [5.74, 6) is 0. The summed E-state index contributed by atoms with van der Waals surface area (Å²) in [6, 6.07) is 0. The first kappa shape index (κ1) is 15.1. The lowest BCUT2D eigenvalue weighted by atomic mass is 9.89. The Kier molecular flexibility index (Phi) is 4.50. The van der Waals surface area contributed by atoms with Gasteiger partial charge in [-0.15, -0.1) is 5.10 Å². The van der Waals surface area contributed by atoms with Gasteiger partial charge in [0, 0.05) is 18.3 Å². The standard InChI is InChI=1S/C13H26N4O/c1-12(2,3)11(18)9-17-8-10(15-16-17)7-14-13(4,5)6/h8,11,14,18H,7,9H2,1-6H3. The van der Waals surface area contributed by atoms with Crippen LogP contribution in [0.3, 0.4) is 0 Å². The smallest absolute Gasteiger partial charge is 0.0965 e. The van der Waals surface area contributed by atoms with E-state index in [1.165, 1.54) is 0 Å². The highest BCUT2D eigenvalue weighted by molar-refractivity contribution is 4.93. The van der Waals surface area contributed by atoms with E-state index in [2.05, 4.69) is 36.4 Å². The molecule has 0 aromatic carbocycles. The summed E-state index contributed by atoms with van der Waals surface area (Å²) < 4.78 is 1.70. The molecular formula is C13H26N4O. The Morgan fingerprint density at radius 2 is 1.89 bits per heavy atom. The summed E-state index contributed by atoms with van der Waals surface area (Å²) >= 11 is 0. The van der Waals surface area contributed by atoms with Gasteiger partial charge in [-0.3, -0.25) is 0 Å². The van der Waals surface area contributed by atoms with E-state index in [0.29, 0.717) is 13.1 Å². The normalized spacial score (nSPS) is 14.8. The molecule has 5 heteroatoms. The average molecular weight is 254 g/mol. The topological polar surface area (TPSA) is 63.0 Å². The van der Waals surface area contributed by atoms with Gasteiger partial charge in [-0.25, -0.2) is 4.68 Å². The second kappa shape index (κ2) is 5.36. The minimum Gasteiger partial charge on any atom is -0.391 e. The van der Waals surface area contributed by atoms with E-state index in [1.807, 2.05) is 27.0 Å². The number of nitrogens with zero attached hydrogens (tertiary/aromatic N) is 3. The SMILES string of the molecule is CC(C)(C)NCc1cn(CC(O)C(C)(C)C)nn1. The molecule has 18 heavy (non-hydrogen) atoms. The molecule has 5 nitrogen and oxygen atoms in total. The molecule has 1 aromatic rings. The third-order valence-corrected chi connectivity index (χ3v) is 2.75. The fraction of sp³-hybridized carbons (Fsp3) is 0.846. The Labute approximate surface area is 110 Å². The highest BCUT2D eigenvalue weighted by Gasteiger charge is 2.22. The van der Waals surface area contributed by atoms with Crippen molar-refractivity contribution >= 4 is 0 Å². The zero-order valence-electron chi connectivity index (χ0n) is 12.4. The number of rotatable bonds is 4. The Balaban J connectivity index is 2.54. The van der Waals surface area contributed by atoms with Gasteiger partial charge in [-0.05, 0) is 26.2 Å². The molecule has 0 spiro atoms. The summed E-state index contributed by atoms with van der Waals surface area (Å²) in [6.45, 7) is 13.5. The number of hydrogen-bond donors (Lipinski definition) is 2. The van der Waals surface area contributed by atoms with Gasteiger partial charge < -0.3 is 10.4 Å². The molecule has 0 aliphatic carbocycles. The largest absolute Gasteiger partial charge is 0.391 e. The van der Waals surface area contributed by atoms with Crippen LogP contribution in [0.25, 0.3) is 0 Å². The van der Waals surface area contributed by atoms with Gasteiger partial charge in [-0.1, -0.05) is 26.0 Å². The molecule has 104 valence electrons. The predicted octanol–water partition coefficient (Wildman–Crippen LogP) is 1.57. The molecule has 0 saturated carbocycles. The van der Waals surface area contributed by atoms with Crippen molar-refractivity contribution in [3.8, 4) is 0 Å². The van der Waals surface area contributed by atoms with Crippen molar-refractivity contribution in [3.05, 3.63) is 11.9 Å². The summed E-state index contributed by atoms with van der Waals surface area (Å²) in [5.41, 5.74) is 0.816. The highest BCUT2D eigenvalue weighted by Crippen LogP contribution is 2.20. The maximum absolute atomic E-state index is 10.0. The molecule has 0 fully saturated rings. The van der Waals surface area contributed by atoms with E-state index in [4.69, 9.17) is 0 Å². The van der Waals surface area contributed by atoms with Gasteiger partial charge >= 0.3 is 0 Å². The Hall–Kier alpha value is -0.940. The second-order valence-corrected chi connectivity index (χ2v) is 6.92. The van der Waals surface area contributed by atoms with Crippen LogP contribution in [0.2, 0.25) is 0 Å². The van der Waals surface area contributed by atoms with Crippen LogP contribution in [0.4, 0.5) is 0 Å². The molecule has 0 radical (unpaired) electrons. The third kappa shape index (κ3) is 5.14. The number of aliphatic hydroxyl groups is 1. The van der Waals surface area contributed by atoms with Gasteiger partial charge in [0.25, 0.3) is 0 Å². The van der Waals surface area contributed by atoms with Gasteiger partial charge in [-0.2, -0.15) is 0 Å². The lowest BCUT2D eigenvalue weighted by Gasteiger charge is -2.25. The van der Waals surface area contributed by atoms with Crippen LogP contribution >= 0.6 is 0 Å². The first-order valence-corrected chi connectivity index (χ1v) is 6.40. The number of hydrogen-bond acceptors (Lipinski definition) is 4. The van der Waals surface area contributed by atoms with E-state index in [1.54, 1.807) is 4.68 Å². The van der Waals surface area contributed by atoms with Crippen molar-refractivity contribution in [2.75, 3.05) is 0 Å². The third-order valence-electron chi connectivity index (χ3n) is 2.75. The lowest BCUT2D eigenvalue weighted by molar-refractivity contribution is 0.0446. The van der Waals surface area contributed by atoms with Crippen molar-refractivity contribution < 1.29 is 5.11 Å². The van der Waals surface area contributed by atoms with Crippen LogP contribution in [0.5, 0.6) is 0 Å². The fourth-order valence-corrected chi connectivity index (χ4v) is 1.32. The maximum atomic E-state index is 10.0. The molecule has 1 rings (SSSR count). The van der Waals surface area contributed by atoms with Crippen molar-refractivity contribution in [2.24, 2.45) is 5.41 Å². The van der Waals surface area contributed by atoms with E-state index in [-0.39, 0.29) is 11.0 Å². The Bertz CT molecular complexity index is 373. The van der Waals surface area contributed by atoms with Crippen molar-refractivity contribution in [1.82, 2.24) is 20.3 Å². The summed E-state index contributed by atoms with van der Waals surface area (Å²) in [5, 5.41) is 21.5. The average Bonchev–Trinajstić information content (AvgIpc) is 2.60. The zero-order chi connectivity index (χ0) is 14.0. The van der Waals surface area contributed by atoms with Crippen LogP contribution in [0.15, 0.2) is 6.20 Å². The van der Waals surface area contributed by atoms with Crippen LogP contribution in [0.1, 0.15) is 47.2 Å². The summed E-state index contributed by atoms with van der Waals surface area (Å²) in [7, 11) is 0. The number of aromatic nitrogens is 3. The van der Waals surface area contributed by atoms with Crippen LogP contribution in [-0.2, 0) is 13.1 Å². The maximum Gasteiger partial charge on any atom is 0.0965 e. The molecule has 0 aliphatic heterocycles. The molecular weight excluding hydrogens is 228 g/mol. The van der Waals surface area contributed by atoms with E-state index < -0.39 is 6.10 Å². The van der Waals surface area contributed by atoms with E-state index >= 15 is 0 Å². The predicted molar refractivity (Wildman–Crippen MR) is 72.1 cm³/mol. The van der Waals surface area contributed by atoms with Crippen molar-refractivity contribution in [3.63, 3.8) is 0 Å². The Morgan fingerprint density at radius 1 is 1.28 bits per heavy atom. The van der Waals surface area contributed by atoms with Gasteiger partial charge in [0.1, 0.15) is 0 Å². The van der Waals surface area contributed by atoms with Crippen LogP contribution < -0.4 is 5.32 Å². The molecule has 0 saturated heterocycles. The molecule has 2 N–H and O–H groups in total. The van der Waals surface area contributed by atoms with Crippen LogP contribution in [0, 0.1) is 5.41 Å². The fourth-order valence-electron chi connectivity index (χ4n) is 1.32. The number of aliphatic hydroxyl groups excluding tert-OH is 1. The molecule has 0 bridgehead atoms. The van der Waals surface area contributed by atoms with Crippen molar-refractivity contribution in [1.29, 1.82) is 0 Å². The first-order valence-electron chi connectivity index (χ1n) is 6.40. The quantitative estimate of drug-likeness (QED) is 0.856. The van der Waals surface area contributed by atoms with E-state index in [0.717, 1.165) is 5.69 Å². The van der Waals surface area contributed by atoms with Gasteiger partial charge in [0.2, 0.25) is 0 Å². The number of nitrogens with one attached hydrogen (secondary N) is 1. The van der Waals surface area contributed by atoms with Crippen molar-refractivity contribution in [2.45, 2.75) is 66.3 Å². The minimum absolute atomic E-state index is 0.0642. The van der Waals surface area contributed by atoms with Crippen LogP contribution in [-0.4, -0.2) is 31.7 Å². The molecule has 1 unspecified atom stereocenters. The monoisotopic (exact) mass is 254 g/mol. The minimum atomic E-state index is -0.428. The Morgan fingerprint density at radius 3 is 2.39 bits per heavy atom. The molecule has 1 aromatic heterocycles. The van der Waals surface area contributed by atoms with Gasteiger partial charge in [0.05, 0.1) is 18.3 Å².